The first-order valence-corrected chi connectivity index (χ1v) is 12.6. The first-order valence-electron chi connectivity index (χ1n) is 11.5. The number of esters is 2. The van der Waals surface area contributed by atoms with E-state index in [0.29, 0.717) is 29.4 Å². The molecule has 0 aliphatic heterocycles. The average molecular weight is 513 g/mol. The fraction of sp³-hybridized carbons (Fsp3) is 0.385. The van der Waals surface area contributed by atoms with Crippen LogP contribution in [0.3, 0.4) is 0 Å². The molecule has 190 valence electrons. The largest absolute Gasteiger partial charge is 0.487 e. The molecule has 0 saturated carbocycles. The van der Waals surface area contributed by atoms with Gasteiger partial charge in [0.15, 0.2) is 6.79 Å². The number of nitrogens with zero attached hydrogens (tertiary/aromatic N) is 3. The van der Waals surface area contributed by atoms with Crippen LogP contribution in [0.15, 0.2) is 48.0 Å². The van der Waals surface area contributed by atoms with E-state index in [0.717, 1.165) is 16.6 Å². The Bertz CT molecular complexity index is 1160. The Morgan fingerprint density at radius 3 is 2.47 bits per heavy atom. The maximum Gasteiger partial charge on any atom is 0.487 e. The number of hydrogen-bond donors (Lipinski definition) is 0. The molecule has 0 amide bonds. The molecule has 1 unspecified atom stereocenters. The van der Waals surface area contributed by atoms with Gasteiger partial charge in [0.05, 0.1) is 19.1 Å². The van der Waals surface area contributed by atoms with Crippen LogP contribution in [0.1, 0.15) is 19.4 Å². The zero-order chi connectivity index (χ0) is 25.9. The number of carbonyl (C=O) groups is 2. The lowest BCUT2D eigenvalue weighted by Crippen LogP contribution is -2.19. The normalized spacial score (nSPS) is 11.7. The molecule has 9 nitrogen and oxygen atoms in total. The summed E-state index contributed by atoms with van der Waals surface area (Å²) in [5.74, 6) is 0.652. The lowest BCUT2D eigenvalue weighted by molar-refractivity contribution is -0.147. The number of fused-ring (bicyclic) bond motifs is 1. The van der Waals surface area contributed by atoms with Crippen LogP contribution in [-0.4, -0.2) is 65.6 Å². The summed E-state index contributed by atoms with van der Waals surface area (Å²) in [7, 11) is 1.55. The van der Waals surface area contributed by atoms with Crippen molar-refractivity contribution in [3.63, 3.8) is 0 Å². The third-order valence-corrected chi connectivity index (χ3v) is 6.24. The molecule has 2 aromatic carbocycles. The number of hydrogen-bond acceptors (Lipinski definition) is 9. The Hall–Kier alpha value is -3.46. The summed E-state index contributed by atoms with van der Waals surface area (Å²) in [4.78, 5) is 25.2. The Kier molecular flexibility index (Phi) is 10.2. The highest BCUT2D eigenvalue weighted by molar-refractivity contribution is 7.99. The number of aromatic nitrogens is 3. The first kappa shape index (κ1) is 27.1. The highest BCUT2D eigenvalue weighted by Gasteiger charge is 2.17. The van der Waals surface area contributed by atoms with Crippen LogP contribution < -0.4 is 4.74 Å². The SMILES string of the molecule is [CH+]=C(C)C(=O)OCCSCC(C)C(=O)OCCc1ccc(OCOC)c(-n2nc3ccccc3n2)c1. The molecule has 0 fully saturated rings. The molecule has 0 bridgehead atoms. The van der Waals surface area contributed by atoms with Gasteiger partial charge in [-0.3, -0.25) is 4.79 Å². The van der Waals surface area contributed by atoms with Gasteiger partial charge in [-0.25, -0.2) is 0 Å². The van der Waals surface area contributed by atoms with Crippen LogP contribution in [0.25, 0.3) is 16.7 Å². The maximum absolute atomic E-state index is 12.4. The van der Waals surface area contributed by atoms with Crippen LogP contribution >= 0.6 is 11.8 Å². The highest BCUT2D eigenvalue weighted by Crippen LogP contribution is 2.25. The summed E-state index contributed by atoms with van der Waals surface area (Å²) in [6.45, 7) is 9.24. The number of thioether (sulfide) groups is 1. The minimum absolute atomic E-state index is 0.0915. The molecule has 1 atom stereocenters. The van der Waals surface area contributed by atoms with E-state index in [2.05, 4.69) is 10.2 Å². The van der Waals surface area contributed by atoms with Crippen molar-refractivity contribution in [2.75, 3.05) is 38.6 Å². The Morgan fingerprint density at radius 2 is 1.81 bits per heavy atom. The van der Waals surface area contributed by atoms with Gasteiger partial charge in [-0.15, -0.1) is 19.8 Å². The standard InChI is InChI=1S/C26H30N3O6S/c1-18(2)25(30)34-13-14-36-16-19(3)26(31)33-12-11-20-9-10-24(35-17-32-4)23(15-20)29-27-21-7-5-6-8-22(21)28-29/h1,5-10,15,19H,11-14,16-17H2,2-4H3/q+1. The number of ether oxygens (including phenoxy) is 4. The van der Waals surface area contributed by atoms with E-state index >= 15 is 0 Å². The van der Waals surface area contributed by atoms with Gasteiger partial charge in [0.1, 0.15) is 29.1 Å². The molecule has 1 aromatic heterocycles. The Morgan fingerprint density at radius 1 is 1.08 bits per heavy atom. The van der Waals surface area contributed by atoms with E-state index in [-0.39, 0.29) is 37.5 Å². The number of rotatable bonds is 14. The number of benzene rings is 2. The van der Waals surface area contributed by atoms with Gasteiger partial charge in [-0.1, -0.05) is 25.1 Å². The van der Waals surface area contributed by atoms with Gasteiger partial charge >= 0.3 is 11.9 Å². The Balaban J connectivity index is 1.53. The fourth-order valence-corrected chi connectivity index (χ4v) is 3.99. The average Bonchev–Trinajstić information content (AvgIpc) is 3.31. The van der Waals surface area contributed by atoms with E-state index in [1.54, 1.807) is 7.11 Å². The smallest absolute Gasteiger partial charge is 0.465 e. The van der Waals surface area contributed by atoms with Crippen LogP contribution in [-0.2, 0) is 30.2 Å². The number of methoxy groups -OCH3 is 1. The number of carbonyl (C=O) groups excluding carboxylic acids is 2. The summed E-state index contributed by atoms with van der Waals surface area (Å²) in [5.41, 5.74) is 3.27. The van der Waals surface area contributed by atoms with E-state index in [1.165, 1.54) is 23.5 Å². The Labute approximate surface area is 214 Å². The van der Waals surface area contributed by atoms with E-state index < -0.39 is 5.97 Å². The van der Waals surface area contributed by atoms with E-state index in [9.17, 15) is 9.59 Å². The van der Waals surface area contributed by atoms with Crippen molar-refractivity contribution >= 4 is 34.7 Å². The van der Waals surface area contributed by atoms with Gasteiger partial charge in [-0.05, 0) is 29.8 Å². The van der Waals surface area contributed by atoms with Crippen molar-refractivity contribution in [1.29, 1.82) is 0 Å². The molecule has 36 heavy (non-hydrogen) atoms. The topological polar surface area (TPSA) is 102 Å². The van der Waals surface area contributed by atoms with Crippen molar-refractivity contribution in [2.45, 2.75) is 20.3 Å². The minimum Gasteiger partial charge on any atom is -0.465 e. The maximum atomic E-state index is 12.4. The van der Waals surface area contributed by atoms with E-state index in [1.807, 2.05) is 49.4 Å². The molecule has 0 aliphatic rings. The quantitative estimate of drug-likeness (QED) is 0.105. The van der Waals surface area contributed by atoms with Crippen LogP contribution in [0.4, 0.5) is 0 Å². The third-order valence-electron chi connectivity index (χ3n) is 5.05. The molecule has 1 heterocycles. The molecule has 0 radical (unpaired) electrons. The summed E-state index contributed by atoms with van der Waals surface area (Å²) in [6.07, 6.45) is 0.523. The lowest BCUT2D eigenvalue weighted by atomic mass is 10.1. The lowest BCUT2D eigenvalue weighted by Gasteiger charge is -2.13. The molecular formula is C26H30N3O6S+. The van der Waals surface area contributed by atoms with Crippen LogP contribution in [0.5, 0.6) is 5.75 Å². The first-order chi connectivity index (χ1) is 17.4. The summed E-state index contributed by atoms with van der Waals surface area (Å²) in [5, 5.41) is 9.09. The molecule has 3 aromatic rings. The van der Waals surface area contributed by atoms with Crippen molar-refractivity contribution in [3.8, 4) is 11.4 Å². The molecule has 0 saturated heterocycles. The molecule has 0 spiro atoms. The van der Waals surface area contributed by atoms with Crippen LogP contribution in [0.2, 0.25) is 0 Å². The van der Waals surface area contributed by atoms with Gasteiger partial charge in [0, 0.05) is 32.0 Å². The zero-order valence-corrected chi connectivity index (χ0v) is 21.5. The second-order valence-electron chi connectivity index (χ2n) is 8.04. The minimum atomic E-state index is -0.513. The predicted molar refractivity (Wildman–Crippen MR) is 137 cm³/mol. The summed E-state index contributed by atoms with van der Waals surface area (Å²) < 4.78 is 21.2. The highest BCUT2D eigenvalue weighted by atomic mass is 32.2. The monoisotopic (exact) mass is 512 g/mol. The molecule has 3 rings (SSSR count). The van der Waals surface area contributed by atoms with Gasteiger partial charge in [0.25, 0.3) is 0 Å². The second-order valence-corrected chi connectivity index (χ2v) is 9.19. The molecule has 0 aliphatic carbocycles. The zero-order valence-electron chi connectivity index (χ0n) is 20.6. The summed E-state index contributed by atoms with van der Waals surface area (Å²) >= 11 is 1.51. The van der Waals surface area contributed by atoms with Crippen molar-refractivity contribution < 1.29 is 28.5 Å². The van der Waals surface area contributed by atoms with Gasteiger partial charge < -0.3 is 18.9 Å². The van der Waals surface area contributed by atoms with Gasteiger partial charge in [-0.2, -0.15) is 11.8 Å². The van der Waals surface area contributed by atoms with Crippen molar-refractivity contribution in [2.24, 2.45) is 5.92 Å². The third kappa shape index (κ3) is 7.78. The van der Waals surface area contributed by atoms with E-state index in [4.69, 9.17) is 25.5 Å². The van der Waals surface area contributed by atoms with Crippen molar-refractivity contribution in [3.05, 3.63) is 60.2 Å². The van der Waals surface area contributed by atoms with Gasteiger partial charge in [0.2, 0.25) is 5.57 Å². The second kappa shape index (κ2) is 13.6. The summed E-state index contributed by atoms with van der Waals surface area (Å²) in [6, 6.07) is 13.3. The fourth-order valence-electron chi connectivity index (χ4n) is 3.13. The predicted octanol–water partition coefficient (Wildman–Crippen LogP) is 3.78. The van der Waals surface area contributed by atoms with Crippen LogP contribution in [0, 0.1) is 12.5 Å². The molecule has 10 heteroatoms. The molecular weight excluding hydrogens is 482 g/mol. The molecule has 0 N–H and O–H groups in total. The van der Waals surface area contributed by atoms with Crippen molar-refractivity contribution in [1.82, 2.24) is 15.0 Å².